The summed E-state index contributed by atoms with van der Waals surface area (Å²) in [5.74, 6) is 0.468. The Balaban J connectivity index is 2.31. The van der Waals surface area contributed by atoms with Crippen molar-refractivity contribution in [3.8, 4) is 11.5 Å². The highest BCUT2D eigenvalue weighted by Crippen LogP contribution is 2.24. The van der Waals surface area contributed by atoms with Gasteiger partial charge in [-0.3, -0.25) is 9.97 Å². The Morgan fingerprint density at radius 2 is 1.94 bits per heavy atom. The van der Waals surface area contributed by atoms with E-state index < -0.39 is 0 Å². The molecule has 0 aliphatic heterocycles. The molecular formula is C10H5IN4O. The average molecular weight is 324 g/mol. The highest BCUT2D eigenvalue weighted by Gasteiger charge is 2.11. The molecule has 0 spiro atoms. The molecular weight excluding hydrogens is 319 g/mol. The molecule has 0 amide bonds. The molecule has 3 rings (SSSR count). The summed E-state index contributed by atoms with van der Waals surface area (Å²) in [7, 11) is 0. The standard InChI is InChI=1S/C10H5IN4O/c11-10-15-14-9(16-10)6-2-1-3-7-8(6)13-5-4-12-7/h1-5H. The summed E-state index contributed by atoms with van der Waals surface area (Å²) in [5.41, 5.74) is 2.39. The molecule has 1 aromatic carbocycles. The summed E-state index contributed by atoms with van der Waals surface area (Å²) in [6.45, 7) is 0. The van der Waals surface area contributed by atoms with Crippen LogP contribution in [0.5, 0.6) is 0 Å². The maximum Gasteiger partial charge on any atom is 0.278 e. The summed E-state index contributed by atoms with van der Waals surface area (Å²) in [5, 5.41) is 7.77. The van der Waals surface area contributed by atoms with Crippen molar-refractivity contribution in [2.75, 3.05) is 0 Å². The van der Waals surface area contributed by atoms with Gasteiger partial charge in [0.15, 0.2) is 0 Å². The van der Waals surface area contributed by atoms with Crippen LogP contribution in [0.4, 0.5) is 0 Å². The van der Waals surface area contributed by atoms with Crippen LogP contribution in [-0.2, 0) is 0 Å². The zero-order valence-corrected chi connectivity index (χ0v) is 10.1. The number of aromatic nitrogens is 4. The molecule has 0 radical (unpaired) electrons. The van der Waals surface area contributed by atoms with Crippen molar-refractivity contribution in [3.63, 3.8) is 0 Å². The van der Waals surface area contributed by atoms with Crippen LogP contribution >= 0.6 is 22.6 Å². The number of nitrogens with zero attached hydrogens (tertiary/aromatic N) is 4. The molecule has 2 aromatic heterocycles. The second-order valence-electron chi connectivity index (χ2n) is 3.09. The number of benzene rings is 1. The van der Waals surface area contributed by atoms with E-state index in [1.165, 1.54) is 0 Å². The first-order valence-electron chi connectivity index (χ1n) is 4.54. The monoisotopic (exact) mass is 324 g/mol. The molecule has 0 fully saturated rings. The zero-order chi connectivity index (χ0) is 11.0. The molecule has 5 nitrogen and oxygen atoms in total. The van der Waals surface area contributed by atoms with Crippen molar-refractivity contribution < 1.29 is 4.42 Å². The third kappa shape index (κ3) is 1.54. The summed E-state index contributed by atoms with van der Waals surface area (Å²) in [4.78, 5) is 8.49. The van der Waals surface area contributed by atoms with Crippen molar-refractivity contribution in [2.45, 2.75) is 0 Å². The Kier molecular flexibility index (Phi) is 2.28. The van der Waals surface area contributed by atoms with Crippen LogP contribution < -0.4 is 0 Å². The highest BCUT2D eigenvalue weighted by atomic mass is 127. The first-order valence-corrected chi connectivity index (χ1v) is 5.61. The van der Waals surface area contributed by atoms with Crippen LogP contribution in [-0.4, -0.2) is 20.2 Å². The normalized spacial score (nSPS) is 10.8. The van der Waals surface area contributed by atoms with Crippen LogP contribution in [0.2, 0.25) is 0 Å². The molecule has 3 aromatic rings. The number of fused-ring (bicyclic) bond motifs is 1. The van der Waals surface area contributed by atoms with E-state index in [0.29, 0.717) is 9.79 Å². The Bertz CT molecular complexity index is 647. The van der Waals surface area contributed by atoms with Gasteiger partial charge in [-0.05, 0) is 12.1 Å². The lowest BCUT2D eigenvalue weighted by atomic mass is 10.2. The smallest absolute Gasteiger partial charge is 0.278 e. The highest BCUT2D eigenvalue weighted by molar-refractivity contribution is 14.1. The first kappa shape index (κ1) is 9.64. The first-order chi connectivity index (χ1) is 7.84. The van der Waals surface area contributed by atoms with Gasteiger partial charge < -0.3 is 4.42 Å². The number of halogens is 1. The molecule has 6 heteroatoms. The lowest BCUT2D eigenvalue weighted by molar-refractivity contribution is 0.537. The molecule has 0 aliphatic rings. The van der Waals surface area contributed by atoms with Crippen molar-refractivity contribution >= 4 is 33.6 Å². The van der Waals surface area contributed by atoms with E-state index in [1.54, 1.807) is 12.4 Å². The summed E-state index contributed by atoms with van der Waals surface area (Å²) in [6, 6.07) is 5.68. The molecule has 0 bridgehead atoms. The fourth-order valence-electron chi connectivity index (χ4n) is 1.48. The van der Waals surface area contributed by atoms with E-state index in [-0.39, 0.29) is 0 Å². The number of rotatable bonds is 1. The minimum atomic E-state index is 0.468. The lowest BCUT2D eigenvalue weighted by Crippen LogP contribution is -1.86. The maximum absolute atomic E-state index is 5.37. The Morgan fingerprint density at radius 3 is 2.75 bits per heavy atom. The van der Waals surface area contributed by atoms with Crippen molar-refractivity contribution in [1.29, 1.82) is 0 Å². The lowest BCUT2D eigenvalue weighted by Gasteiger charge is -1.99. The quantitative estimate of drug-likeness (QED) is 0.643. The van der Waals surface area contributed by atoms with Crippen LogP contribution in [0.15, 0.2) is 35.0 Å². The topological polar surface area (TPSA) is 64.7 Å². The molecule has 0 unspecified atom stereocenters. The molecule has 0 aliphatic carbocycles. The Morgan fingerprint density at radius 1 is 1.06 bits per heavy atom. The van der Waals surface area contributed by atoms with Gasteiger partial charge in [0.1, 0.15) is 5.52 Å². The van der Waals surface area contributed by atoms with Gasteiger partial charge >= 0.3 is 0 Å². The number of para-hydroxylation sites is 1. The van der Waals surface area contributed by atoms with Gasteiger partial charge in [0.05, 0.1) is 11.1 Å². The zero-order valence-electron chi connectivity index (χ0n) is 7.96. The van der Waals surface area contributed by atoms with Crippen LogP contribution in [0.25, 0.3) is 22.5 Å². The minimum absolute atomic E-state index is 0.468. The third-order valence-corrected chi connectivity index (χ3v) is 2.57. The minimum Gasteiger partial charge on any atom is -0.412 e. The van der Waals surface area contributed by atoms with Gasteiger partial charge in [0.25, 0.3) is 9.79 Å². The maximum atomic E-state index is 5.37. The van der Waals surface area contributed by atoms with E-state index in [4.69, 9.17) is 4.42 Å². The SMILES string of the molecule is Ic1nnc(-c2cccc3nccnc23)o1. The molecule has 78 valence electrons. The predicted octanol–water partition coefficient (Wildman–Crippen LogP) is 2.28. The van der Waals surface area contributed by atoms with Gasteiger partial charge in [0, 0.05) is 35.0 Å². The number of hydrogen-bond donors (Lipinski definition) is 0. The fraction of sp³-hybridized carbons (Fsp3) is 0. The molecule has 0 atom stereocenters. The summed E-state index contributed by atoms with van der Waals surface area (Å²) in [6.07, 6.45) is 3.30. The Hall–Kier alpha value is -1.57. The van der Waals surface area contributed by atoms with Crippen molar-refractivity contribution in [2.24, 2.45) is 0 Å². The van der Waals surface area contributed by atoms with Crippen molar-refractivity contribution in [3.05, 3.63) is 34.5 Å². The van der Waals surface area contributed by atoms with Crippen LogP contribution in [0.3, 0.4) is 0 Å². The van der Waals surface area contributed by atoms with Gasteiger partial charge in [-0.25, -0.2) is 0 Å². The predicted molar refractivity (Wildman–Crippen MR) is 65.5 cm³/mol. The van der Waals surface area contributed by atoms with E-state index in [1.807, 2.05) is 40.8 Å². The second kappa shape index (κ2) is 3.78. The van der Waals surface area contributed by atoms with Gasteiger partial charge in [-0.1, -0.05) is 6.07 Å². The summed E-state index contributed by atoms with van der Waals surface area (Å²) < 4.78 is 5.88. The van der Waals surface area contributed by atoms with E-state index in [0.717, 1.165) is 16.6 Å². The van der Waals surface area contributed by atoms with Crippen LogP contribution in [0.1, 0.15) is 0 Å². The average Bonchev–Trinajstić information content (AvgIpc) is 2.75. The van der Waals surface area contributed by atoms with E-state index in [9.17, 15) is 0 Å². The van der Waals surface area contributed by atoms with Crippen LogP contribution in [0, 0.1) is 3.90 Å². The molecule has 2 heterocycles. The summed E-state index contributed by atoms with van der Waals surface area (Å²) >= 11 is 1.97. The number of hydrogen-bond acceptors (Lipinski definition) is 5. The van der Waals surface area contributed by atoms with Gasteiger partial charge in [-0.15, -0.1) is 10.2 Å². The van der Waals surface area contributed by atoms with Gasteiger partial charge in [0.2, 0.25) is 0 Å². The largest absolute Gasteiger partial charge is 0.412 e. The third-order valence-electron chi connectivity index (χ3n) is 2.13. The fourth-order valence-corrected chi connectivity index (χ4v) is 1.80. The second-order valence-corrected chi connectivity index (χ2v) is 4.01. The molecule has 0 N–H and O–H groups in total. The molecule has 16 heavy (non-hydrogen) atoms. The molecule has 0 saturated carbocycles. The van der Waals surface area contributed by atoms with E-state index in [2.05, 4.69) is 20.2 Å². The molecule has 0 saturated heterocycles. The Labute approximate surface area is 104 Å². The van der Waals surface area contributed by atoms with E-state index >= 15 is 0 Å². The van der Waals surface area contributed by atoms with Crippen molar-refractivity contribution in [1.82, 2.24) is 20.2 Å². The van der Waals surface area contributed by atoms with Gasteiger partial charge in [-0.2, -0.15) is 0 Å².